The van der Waals surface area contributed by atoms with Gasteiger partial charge in [-0.2, -0.15) is 26.3 Å². The number of amides is 2. The Hall–Kier alpha value is -3.50. The number of alkyl halides is 6. The molecule has 0 bridgehead atoms. The van der Waals surface area contributed by atoms with Gasteiger partial charge < -0.3 is 15.4 Å². The van der Waals surface area contributed by atoms with Gasteiger partial charge in [-0.15, -0.1) is 0 Å². The summed E-state index contributed by atoms with van der Waals surface area (Å²) >= 11 is 0. The minimum atomic E-state index is -4.94. The molecule has 1 heterocycles. The number of benzene rings is 2. The third kappa shape index (κ3) is 5.37. The van der Waals surface area contributed by atoms with Crippen LogP contribution in [0.25, 0.3) is 5.57 Å². The molecule has 0 radical (unpaired) electrons. The van der Waals surface area contributed by atoms with Gasteiger partial charge in [-0.05, 0) is 55.0 Å². The van der Waals surface area contributed by atoms with Crippen LogP contribution in [-0.4, -0.2) is 41.7 Å². The number of nitrogens with zero attached hydrogens (tertiary/aromatic N) is 1. The van der Waals surface area contributed by atoms with E-state index in [2.05, 4.69) is 0 Å². The number of hydrogen-bond donors (Lipinski definition) is 1. The predicted molar refractivity (Wildman–Crippen MR) is 127 cm³/mol. The maximum Gasteiger partial charge on any atom is 0.416 e. The molecular weight excluding hydrogens is 514 g/mol. The van der Waals surface area contributed by atoms with E-state index in [1.807, 2.05) is 0 Å². The van der Waals surface area contributed by atoms with Gasteiger partial charge in [0, 0.05) is 18.9 Å². The van der Waals surface area contributed by atoms with Gasteiger partial charge in [-0.1, -0.05) is 42.0 Å². The van der Waals surface area contributed by atoms with Gasteiger partial charge in [0.25, 0.3) is 11.8 Å². The zero-order chi connectivity index (χ0) is 27.9. The lowest BCUT2D eigenvalue weighted by Crippen LogP contribution is -2.62. The normalized spacial score (nSPS) is 20.6. The van der Waals surface area contributed by atoms with Crippen molar-refractivity contribution in [3.05, 3.63) is 70.8 Å². The minimum Gasteiger partial charge on any atom is -0.494 e. The van der Waals surface area contributed by atoms with E-state index in [0.717, 1.165) is 22.6 Å². The molecule has 2 aromatic carbocycles. The number of carbonyl (C=O) groups excluding carboxylic acids is 2. The Labute approximate surface area is 215 Å². The van der Waals surface area contributed by atoms with Crippen LogP contribution in [0.1, 0.15) is 48.8 Å². The quantitative estimate of drug-likeness (QED) is 0.261. The number of ether oxygens (including phenoxy) is 1. The molecule has 0 spiro atoms. The fourth-order valence-corrected chi connectivity index (χ4v) is 4.85. The summed E-state index contributed by atoms with van der Waals surface area (Å²) in [7, 11) is 0. The fraction of sp³-hybridized carbons (Fsp3) is 0.407. The van der Waals surface area contributed by atoms with Crippen LogP contribution in [0.3, 0.4) is 0 Å². The summed E-state index contributed by atoms with van der Waals surface area (Å²) in [5.41, 5.74) is 3.05. The molecule has 2 aromatic rings. The van der Waals surface area contributed by atoms with Crippen LogP contribution >= 0.6 is 0 Å². The first kappa shape index (κ1) is 27.5. The van der Waals surface area contributed by atoms with Crippen molar-refractivity contribution in [2.45, 2.75) is 63.0 Å². The van der Waals surface area contributed by atoms with Crippen molar-refractivity contribution in [3.63, 3.8) is 0 Å². The van der Waals surface area contributed by atoms with E-state index < -0.39 is 54.2 Å². The van der Waals surface area contributed by atoms with E-state index in [-0.39, 0.29) is 35.5 Å². The summed E-state index contributed by atoms with van der Waals surface area (Å²) in [4.78, 5) is 26.7. The standard InChI is InChI=1S/C27H26F6N2O3/c1-16-3-5-17(6-4-16)21-15-25(27(31,32)33,35(19-9-10-19)24(37)22(21)23(34)36)18-7-11-20(12-8-18)38-14-2-13-26(28,29)30/h3-8,11-12,19H,2,9-10,13-15H2,1H3,(H2,34,36)/t25-/m0/s1. The molecule has 2 aliphatic rings. The number of primary amides is 1. The first-order valence-electron chi connectivity index (χ1n) is 12.0. The van der Waals surface area contributed by atoms with Gasteiger partial charge in [0.1, 0.15) is 11.3 Å². The first-order valence-corrected chi connectivity index (χ1v) is 12.0. The number of hydrogen-bond acceptors (Lipinski definition) is 3. The Balaban J connectivity index is 1.78. The van der Waals surface area contributed by atoms with Gasteiger partial charge in [0.15, 0.2) is 5.54 Å². The molecule has 11 heteroatoms. The Kier molecular flexibility index (Phi) is 7.24. The van der Waals surface area contributed by atoms with E-state index in [4.69, 9.17) is 10.5 Å². The molecule has 2 amide bonds. The smallest absolute Gasteiger partial charge is 0.416 e. The maximum absolute atomic E-state index is 15.2. The highest BCUT2D eigenvalue weighted by Crippen LogP contribution is 2.56. The van der Waals surface area contributed by atoms with Crippen molar-refractivity contribution in [2.24, 2.45) is 5.73 Å². The number of nitrogens with two attached hydrogens (primary N) is 1. The molecule has 1 aliphatic carbocycles. The average Bonchev–Trinajstić information content (AvgIpc) is 3.65. The van der Waals surface area contributed by atoms with Crippen molar-refractivity contribution in [2.75, 3.05) is 6.61 Å². The molecule has 1 atom stereocenters. The Morgan fingerprint density at radius 2 is 1.63 bits per heavy atom. The predicted octanol–water partition coefficient (Wildman–Crippen LogP) is 5.81. The molecule has 0 aromatic heterocycles. The van der Waals surface area contributed by atoms with Crippen LogP contribution in [0.4, 0.5) is 26.3 Å². The summed E-state index contributed by atoms with van der Waals surface area (Å²) in [5, 5.41) is 0. The van der Waals surface area contributed by atoms with E-state index in [9.17, 15) is 22.8 Å². The number of rotatable bonds is 8. The van der Waals surface area contributed by atoms with E-state index >= 15 is 13.2 Å². The van der Waals surface area contributed by atoms with Crippen molar-refractivity contribution in [1.82, 2.24) is 4.90 Å². The van der Waals surface area contributed by atoms with Gasteiger partial charge in [-0.3, -0.25) is 9.59 Å². The molecular formula is C27H26F6N2O3. The highest BCUT2D eigenvalue weighted by molar-refractivity contribution is 6.24. The lowest BCUT2D eigenvalue weighted by molar-refractivity contribution is -0.238. The Morgan fingerprint density at radius 1 is 1.03 bits per heavy atom. The summed E-state index contributed by atoms with van der Waals surface area (Å²) < 4.78 is 87.9. The molecule has 204 valence electrons. The summed E-state index contributed by atoms with van der Waals surface area (Å²) in [5.74, 6) is -2.08. The van der Waals surface area contributed by atoms with E-state index in [1.165, 1.54) is 12.1 Å². The van der Waals surface area contributed by atoms with Crippen molar-refractivity contribution in [3.8, 4) is 5.75 Å². The van der Waals surface area contributed by atoms with E-state index in [0.29, 0.717) is 12.8 Å². The molecule has 2 N–H and O–H groups in total. The molecule has 0 saturated heterocycles. The lowest BCUT2D eigenvalue weighted by Gasteiger charge is -2.49. The second-order valence-corrected chi connectivity index (χ2v) is 9.62. The average molecular weight is 541 g/mol. The number of carbonyl (C=O) groups is 2. The molecule has 38 heavy (non-hydrogen) atoms. The Morgan fingerprint density at radius 3 is 2.13 bits per heavy atom. The summed E-state index contributed by atoms with van der Waals surface area (Å²) in [6.07, 6.45) is -10.7. The third-order valence-corrected chi connectivity index (χ3v) is 6.81. The van der Waals surface area contributed by atoms with Crippen molar-refractivity contribution in [1.29, 1.82) is 0 Å². The topological polar surface area (TPSA) is 72.6 Å². The van der Waals surface area contributed by atoms with Crippen molar-refractivity contribution < 1.29 is 40.7 Å². The largest absolute Gasteiger partial charge is 0.494 e. The molecule has 4 rings (SSSR count). The monoisotopic (exact) mass is 540 g/mol. The van der Waals surface area contributed by atoms with Crippen molar-refractivity contribution >= 4 is 17.4 Å². The van der Waals surface area contributed by atoms with Crippen LogP contribution < -0.4 is 10.5 Å². The summed E-state index contributed by atoms with van der Waals surface area (Å²) in [6.45, 7) is 1.53. The zero-order valence-corrected chi connectivity index (χ0v) is 20.5. The second-order valence-electron chi connectivity index (χ2n) is 9.62. The van der Waals surface area contributed by atoms with Crippen LogP contribution in [0.15, 0.2) is 54.1 Å². The molecule has 0 unspecified atom stereocenters. The first-order chi connectivity index (χ1) is 17.7. The molecule has 5 nitrogen and oxygen atoms in total. The van der Waals surface area contributed by atoms with Gasteiger partial charge in [0.2, 0.25) is 0 Å². The third-order valence-electron chi connectivity index (χ3n) is 6.81. The van der Waals surface area contributed by atoms with Crippen LogP contribution in [0, 0.1) is 6.92 Å². The highest BCUT2D eigenvalue weighted by Gasteiger charge is 2.66. The maximum atomic E-state index is 15.2. The highest BCUT2D eigenvalue weighted by atomic mass is 19.4. The van der Waals surface area contributed by atoms with Crippen LogP contribution in [0.2, 0.25) is 0 Å². The SMILES string of the molecule is Cc1ccc(C2=C(C(N)=O)C(=O)N(C3CC3)[C@@](c3ccc(OCCCC(F)(F)F)cc3)(C(F)(F)F)C2)cc1. The number of halogens is 6. The van der Waals surface area contributed by atoms with Crippen LogP contribution in [0.5, 0.6) is 5.75 Å². The molecule has 1 aliphatic heterocycles. The zero-order valence-electron chi connectivity index (χ0n) is 20.5. The minimum absolute atomic E-state index is 0.0933. The molecule has 1 fully saturated rings. The fourth-order valence-electron chi connectivity index (χ4n) is 4.85. The van der Waals surface area contributed by atoms with E-state index in [1.54, 1.807) is 31.2 Å². The van der Waals surface area contributed by atoms with Gasteiger partial charge >= 0.3 is 12.4 Å². The Bertz CT molecular complexity index is 1230. The molecule has 1 saturated carbocycles. The van der Waals surface area contributed by atoms with Crippen LogP contribution in [-0.2, 0) is 15.1 Å². The second kappa shape index (κ2) is 9.99. The number of aryl methyl sites for hydroxylation is 1. The van der Waals surface area contributed by atoms with Gasteiger partial charge in [0.05, 0.1) is 6.61 Å². The lowest BCUT2D eigenvalue weighted by atomic mass is 9.74. The van der Waals surface area contributed by atoms with Gasteiger partial charge in [-0.25, -0.2) is 0 Å². The summed E-state index contributed by atoms with van der Waals surface area (Å²) in [6, 6.07) is 10.5.